The molecule has 9 nitrogen and oxygen atoms in total. The van der Waals surface area contributed by atoms with Crippen molar-refractivity contribution in [1.82, 2.24) is 0 Å². The van der Waals surface area contributed by atoms with Crippen molar-refractivity contribution < 1.29 is 44.1 Å². The molecule has 0 aliphatic rings. The summed E-state index contributed by atoms with van der Waals surface area (Å²) in [6.45, 7) is 0. The van der Waals surface area contributed by atoms with E-state index >= 15 is 0 Å². The van der Waals surface area contributed by atoms with Gasteiger partial charge in [-0.1, -0.05) is 341 Å². The van der Waals surface area contributed by atoms with Gasteiger partial charge in [0.25, 0.3) is 0 Å². The van der Waals surface area contributed by atoms with Crippen LogP contribution in [0, 0.1) is 0 Å². The molecule has 0 spiro atoms. The summed E-state index contributed by atoms with van der Waals surface area (Å²) in [5, 5.41) is 30.9. The molecule has 0 aliphatic heterocycles. The second-order valence-corrected chi connectivity index (χ2v) is 23.9. The van der Waals surface area contributed by atoms with Crippen LogP contribution in [0.4, 0.5) is 0 Å². The molecule has 0 unspecified atom stereocenters. The number of carboxylic acid groups (broad SMARTS) is 3. The molecular formula is C75H117AlO9. The molecule has 0 saturated carbocycles. The van der Waals surface area contributed by atoms with Crippen molar-refractivity contribution in [3.63, 3.8) is 0 Å². The summed E-state index contributed by atoms with van der Waals surface area (Å²) in [5.41, 5.74) is 2.54. The fourth-order valence-electron chi connectivity index (χ4n) is 10.9. The maximum absolute atomic E-state index is 12.0. The Morgan fingerprint density at radius 1 is 0.188 bits per heavy atom. The Kier molecular flexibility index (Phi) is 59.4. The van der Waals surface area contributed by atoms with E-state index in [4.69, 9.17) is 0 Å². The monoisotopic (exact) mass is 1190 g/mol. The van der Waals surface area contributed by atoms with Crippen LogP contribution < -0.4 is 15.3 Å². The molecule has 3 rings (SSSR count). The van der Waals surface area contributed by atoms with Gasteiger partial charge in [-0.25, -0.2) is 0 Å². The van der Waals surface area contributed by atoms with Gasteiger partial charge in [0.05, 0.1) is 0 Å². The predicted molar refractivity (Wildman–Crippen MR) is 349 cm³/mol. The van der Waals surface area contributed by atoms with Gasteiger partial charge < -0.3 is 29.7 Å². The first-order valence-electron chi connectivity index (χ1n) is 34.4. The van der Waals surface area contributed by atoms with Crippen LogP contribution in [0.25, 0.3) is 0 Å². The van der Waals surface area contributed by atoms with Gasteiger partial charge in [-0.3, -0.25) is 14.4 Å². The third kappa shape index (κ3) is 57.1. The van der Waals surface area contributed by atoms with Crippen molar-refractivity contribution in [3.05, 3.63) is 108 Å². The normalized spacial score (nSPS) is 10.7. The van der Waals surface area contributed by atoms with E-state index in [1.807, 2.05) is 91.0 Å². The molecule has 0 atom stereocenters. The number of carbonyl (C=O) groups is 6. The van der Waals surface area contributed by atoms with E-state index in [9.17, 15) is 44.1 Å². The Labute approximate surface area is 529 Å². The number of Topliss-reactive ketones (excluding diaryl/α,β-unsaturated/α-hetero) is 3. The average Bonchev–Trinajstić information content (AvgIpc) is 3.56. The predicted octanol–water partition coefficient (Wildman–Crippen LogP) is 18.4. The van der Waals surface area contributed by atoms with Gasteiger partial charge in [-0.15, -0.1) is 0 Å². The van der Waals surface area contributed by atoms with Gasteiger partial charge >= 0.3 is 17.4 Å². The van der Waals surface area contributed by atoms with E-state index in [-0.39, 0.29) is 54.0 Å². The van der Waals surface area contributed by atoms with Crippen LogP contribution in [0.3, 0.4) is 0 Å². The fourth-order valence-corrected chi connectivity index (χ4v) is 10.9. The van der Waals surface area contributed by atoms with Crippen LogP contribution in [-0.2, 0) is 14.4 Å². The molecule has 0 saturated heterocycles. The smallest absolute Gasteiger partial charge is 0.550 e. The molecule has 0 aromatic heterocycles. The summed E-state index contributed by atoms with van der Waals surface area (Å²) >= 11 is 0. The third-order valence-electron chi connectivity index (χ3n) is 16.1. The molecule has 3 aromatic carbocycles. The Bertz CT molecular complexity index is 1760. The van der Waals surface area contributed by atoms with Crippen LogP contribution >= 0.6 is 0 Å². The number of carbonyl (C=O) groups excluding carboxylic acids is 6. The Balaban J connectivity index is 0.00000124. The molecule has 474 valence electrons. The topological polar surface area (TPSA) is 172 Å². The fraction of sp³-hybridized carbons (Fsp3) is 0.680. The quantitative estimate of drug-likeness (QED) is 0.0303. The van der Waals surface area contributed by atoms with Crippen molar-refractivity contribution in [2.75, 3.05) is 0 Å². The van der Waals surface area contributed by atoms with Gasteiger partial charge in [-0.2, -0.15) is 0 Å². The van der Waals surface area contributed by atoms with Crippen molar-refractivity contribution in [2.24, 2.45) is 0 Å². The second-order valence-electron chi connectivity index (χ2n) is 23.9. The summed E-state index contributed by atoms with van der Waals surface area (Å²) in [6.07, 6.45) is 57.3. The van der Waals surface area contributed by atoms with Crippen molar-refractivity contribution in [1.29, 1.82) is 0 Å². The minimum Gasteiger partial charge on any atom is -0.550 e. The van der Waals surface area contributed by atoms with E-state index in [1.165, 1.54) is 212 Å². The van der Waals surface area contributed by atoms with Crippen molar-refractivity contribution in [2.45, 2.75) is 327 Å². The zero-order chi connectivity index (χ0) is 60.9. The SMILES string of the molecule is O=C([O-])CCCCCCCCCCCCCCCCCC(=O)c1ccccc1.O=C([O-])CCCCCCCCCCCCCCCCCC(=O)c1ccccc1.O=C([O-])CCCCCCCCCCCCCCCCCC(=O)c1ccccc1.[Al+3]. The van der Waals surface area contributed by atoms with Crippen LogP contribution in [0.15, 0.2) is 91.0 Å². The number of unbranched alkanes of at least 4 members (excludes halogenated alkanes) is 42. The van der Waals surface area contributed by atoms with E-state index < -0.39 is 17.9 Å². The first-order chi connectivity index (χ1) is 41.1. The van der Waals surface area contributed by atoms with Crippen molar-refractivity contribution >= 4 is 52.6 Å². The van der Waals surface area contributed by atoms with Crippen LogP contribution in [0.5, 0.6) is 0 Å². The third-order valence-corrected chi connectivity index (χ3v) is 16.1. The van der Waals surface area contributed by atoms with Crippen LogP contribution in [-0.4, -0.2) is 52.6 Å². The molecule has 0 N–H and O–H groups in total. The zero-order valence-electron chi connectivity index (χ0n) is 53.5. The molecule has 3 aromatic rings. The Hall–Kier alpha value is -4.39. The van der Waals surface area contributed by atoms with Gasteiger partial charge in [0.1, 0.15) is 0 Å². The van der Waals surface area contributed by atoms with Gasteiger partial charge in [0.15, 0.2) is 17.3 Å². The summed E-state index contributed by atoms with van der Waals surface area (Å²) in [6, 6.07) is 28.8. The molecule has 0 fully saturated rings. The number of benzene rings is 3. The van der Waals surface area contributed by atoms with Gasteiger partial charge in [-0.05, 0) is 57.8 Å². The average molecular weight is 1190 g/mol. The number of hydrogen-bond donors (Lipinski definition) is 0. The maximum Gasteiger partial charge on any atom is 3.00 e. The number of hydrogen-bond acceptors (Lipinski definition) is 9. The first kappa shape index (κ1) is 80.6. The molecule has 0 heterocycles. The van der Waals surface area contributed by atoms with E-state index in [0.717, 1.165) is 93.7 Å². The van der Waals surface area contributed by atoms with Gasteiger partial charge in [0, 0.05) is 53.9 Å². The molecule has 0 bridgehead atoms. The number of aliphatic carboxylic acids is 3. The Morgan fingerprint density at radius 3 is 0.435 bits per heavy atom. The second kappa shape index (κ2) is 62.7. The minimum atomic E-state index is -0.918. The molecule has 0 radical (unpaired) electrons. The summed E-state index contributed by atoms with van der Waals surface area (Å²) in [4.78, 5) is 66.9. The van der Waals surface area contributed by atoms with Crippen LogP contribution in [0.2, 0.25) is 0 Å². The summed E-state index contributed by atoms with van der Waals surface area (Å²) in [7, 11) is 0. The van der Waals surface area contributed by atoms with E-state index in [1.54, 1.807) is 0 Å². The zero-order valence-corrected chi connectivity index (χ0v) is 54.6. The van der Waals surface area contributed by atoms with Crippen molar-refractivity contribution in [3.8, 4) is 0 Å². The number of carboxylic acids is 3. The molecule has 0 amide bonds. The standard InChI is InChI=1S/3C25H40O3.Al/c3*26-24(23-19-15-14-16-20-23)21-17-12-10-8-6-4-2-1-3-5-7-9-11-13-18-22-25(27)28;/h3*14-16,19-20H,1-13,17-18,21-22H2,(H,27,28);/q;;;+3/p-3. The van der Waals surface area contributed by atoms with Crippen LogP contribution in [0.1, 0.15) is 359 Å². The number of ketones is 3. The summed E-state index contributed by atoms with van der Waals surface area (Å²) < 4.78 is 0. The van der Waals surface area contributed by atoms with E-state index in [0.29, 0.717) is 19.3 Å². The number of rotatable bonds is 57. The Morgan fingerprint density at radius 2 is 0.306 bits per heavy atom. The minimum absolute atomic E-state index is 0. The molecule has 0 aliphatic carbocycles. The molecular weight excluding hydrogens is 1070 g/mol. The first-order valence-corrected chi connectivity index (χ1v) is 34.4. The summed E-state index contributed by atoms with van der Waals surface area (Å²) in [5.74, 6) is -1.93. The maximum atomic E-state index is 12.0. The largest absolute Gasteiger partial charge is 3.00 e. The van der Waals surface area contributed by atoms with Gasteiger partial charge in [0.2, 0.25) is 0 Å². The molecule has 85 heavy (non-hydrogen) atoms. The molecule has 10 heteroatoms. The van der Waals surface area contributed by atoms with E-state index in [2.05, 4.69) is 0 Å².